The SMILES string of the molecule is CCOC(=O)c1c(NC(=O)c2cn3ccc(C)cc3n2)sc(C)c1-c1ccc(F)cc1. The maximum absolute atomic E-state index is 13.4. The number of anilines is 1. The molecular weight excluding hydrogens is 417 g/mol. The minimum Gasteiger partial charge on any atom is -0.462 e. The Balaban J connectivity index is 1.74. The van der Waals surface area contributed by atoms with Crippen LogP contribution >= 0.6 is 11.3 Å². The zero-order valence-corrected chi connectivity index (χ0v) is 18.0. The highest BCUT2D eigenvalue weighted by Crippen LogP contribution is 2.40. The van der Waals surface area contributed by atoms with Crippen LogP contribution in [0.1, 0.15) is 38.2 Å². The third-order valence-electron chi connectivity index (χ3n) is 4.77. The maximum atomic E-state index is 13.4. The van der Waals surface area contributed by atoms with Crippen molar-refractivity contribution < 1.29 is 18.7 Å². The van der Waals surface area contributed by atoms with Crippen LogP contribution in [0.15, 0.2) is 48.8 Å². The first-order chi connectivity index (χ1) is 14.9. The van der Waals surface area contributed by atoms with Crippen LogP contribution in [0.3, 0.4) is 0 Å². The number of hydrogen-bond donors (Lipinski definition) is 1. The highest BCUT2D eigenvalue weighted by atomic mass is 32.1. The largest absolute Gasteiger partial charge is 0.462 e. The molecule has 0 fully saturated rings. The average molecular weight is 437 g/mol. The van der Waals surface area contributed by atoms with E-state index in [4.69, 9.17) is 4.74 Å². The number of pyridine rings is 1. The molecule has 1 aromatic carbocycles. The molecule has 0 bridgehead atoms. The summed E-state index contributed by atoms with van der Waals surface area (Å²) in [6.07, 6.45) is 3.47. The lowest BCUT2D eigenvalue weighted by molar-refractivity contribution is 0.0529. The summed E-state index contributed by atoms with van der Waals surface area (Å²) in [4.78, 5) is 30.9. The van der Waals surface area contributed by atoms with Crippen molar-refractivity contribution in [2.45, 2.75) is 20.8 Å². The van der Waals surface area contributed by atoms with E-state index < -0.39 is 11.9 Å². The van der Waals surface area contributed by atoms with Crippen molar-refractivity contribution in [3.8, 4) is 11.1 Å². The number of hydrogen-bond acceptors (Lipinski definition) is 5. The van der Waals surface area contributed by atoms with Crippen LogP contribution in [0.4, 0.5) is 9.39 Å². The standard InChI is InChI=1S/C23H20FN3O3S/c1-4-30-23(29)20-19(15-5-7-16(24)8-6-15)14(3)31-22(20)26-21(28)17-12-27-10-9-13(2)11-18(27)25-17/h5-12H,4H2,1-3H3,(H,26,28). The minimum absolute atomic E-state index is 0.190. The Bertz CT molecular complexity index is 1290. The summed E-state index contributed by atoms with van der Waals surface area (Å²) in [5.74, 6) is -1.35. The number of ether oxygens (including phenoxy) is 1. The second-order valence-corrected chi connectivity index (χ2v) is 8.24. The normalized spacial score (nSPS) is 11.0. The van der Waals surface area contributed by atoms with Gasteiger partial charge in [-0.2, -0.15) is 0 Å². The van der Waals surface area contributed by atoms with E-state index in [1.165, 1.54) is 23.5 Å². The molecule has 0 aliphatic heterocycles. The van der Waals surface area contributed by atoms with Crippen molar-refractivity contribution >= 4 is 33.9 Å². The van der Waals surface area contributed by atoms with E-state index in [1.807, 2.05) is 32.2 Å². The van der Waals surface area contributed by atoms with Crippen molar-refractivity contribution in [3.63, 3.8) is 0 Å². The van der Waals surface area contributed by atoms with Gasteiger partial charge in [-0.15, -0.1) is 11.3 Å². The number of rotatable bonds is 5. The number of imidazole rings is 1. The van der Waals surface area contributed by atoms with Gasteiger partial charge in [0, 0.05) is 22.8 Å². The fraction of sp³-hybridized carbons (Fsp3) is 0.174. The molecule has 0 saturated heterocycles. The lowest BCUT2D eigenvalue weighted by atomic mass is 10.0. The molecule has 1 amide bonds. The number of amides is 1. The molecule has 3 aromatic heterocycles. The van der Waals surface area contributed by atoms with Gasteiger partial charge < -0.3 is 14.5 Å². The van der Waals surface area contributed by atoms with E-state index in [0.29, 0.717) is 21.8 Å². The number of carbonyl (C=O) groups excluding carboxylic acids is 2. The topological polar surface area (TPSA) is 72.7 Å². The molecule has 0 radical (unpaired) electrons. The molecule has 158 valence electrons. The highest BCUT2D eigenvalue weighted by Gasteiger charge is 2.26. The smallest absolute Gasteiger partial charge is 0.341 e. The van der Waals surface area contributed by atoms with Crippen molar-refractivity contribution in [1.82, 2.24) is 9.38 Å². The summed E-state index contributed by atoms with van der Waals surface area (Å²) in [7, 11) is 0. The second-order valence-electron chi connectivity index (χ2n) is 7.01. The van der Waals surface area contributed by atoms with Gasteiger partial charge in [0.15, 0.2) is 0 Å². The zero-order chi connectivity index (χ0) is 22.1. The molecule has 0 spiro atoms. The number of fused-ring (bicyclic) bond motifs is 1. The van der Waals surface area contributed by atoms with Gasteiger partial charge in [-0.25, -0.2) is 14.2 Å². The van der Waals surface area contributed by atoms with Gasteiger partial charge in [0.1, 0.15) is 27.7 Å². The molecule has 31 heavy (non-hydrogen) atoms. The molecule has 0 aliphatic carbocycles. The molecule has 0 unspecified atom stereocenters. The number of halogens is 1. The number of thiophene rings is 1. The predicted molar refractivity (Wildman–Crippen MR) is 118 cm³/mol. The van der Waals surface area contributed by atoms with Crippen molar-refractivity contribution in [2.75, 3.05) is 11.9 Å². The Morgan fingerprint density at radius 1 is 1.19 bits per heavy atom. The maximum Gasteiger partial charge on any atom is 0.341 e. The quantitative estimate of drug-likeness (QED) is 0.433. The average Bonchev–Trinajstić information content (AvgIpc) is 3.29. The van der Waals surface area contributed by atoms with E-state index in [2.05, 4.69) is 10.3 Å². The molecular formula is C23H20FN3O3S. The molecule has 6 nitrogen and oxygen atoms in total. The minimum atomic E-state index is -0.549. The van der Waals surface area contributed by atoms with Gasteiger partial charge in [0.2, 0.25) is 0 Å². The van der Waals surface area contributed by atoms with E-state index in [9.17, 15) is 14.0 Å². The van der Waals surface area contributed by atoms with Crippen molar-refractivity contribution in [2.24, 2.45) is 0 Å². The number of benzene rings is 1. The monoisotopic (exact) mass is 437 g/mol. The Morgan fingerprint density at radius 3 is 2.65 bits per heavy atom. The summed E-state index contributed by atoms with van der Waals surface area (Å²) in [6, 6.07) is 9.67. The van der Waals surface area contributed by atoms with Gasteiger partial charge in [0.05, 0.1) is 6.61 Å². The van der Waals surface area contributed by atoms with Gasteiger partial charge >= 0.3 is 5.97 Å². The predicted octanol–water partition coefficient (Wildman–Crippen LogP) is 5.25. The Labute approximate surface area is 182 Å². The van der Waals surface area contributed by atoms with Crippen LogP contribution in [0, 0.1) is 19.7 Å². The van der Waals surface area contributed by atoms with Crippen LogP contribution in [0.2, 0.25) is 0 Å². The molecule has 4 rings (SSSR count). The van der Waals surface area contributed by atoms with E-state index >= 15 is 0 Å². The van der Waals surface area contributed by atoms with Gasteiger partial charge in [-0.3, -0.25) is 4.79 Å². The number of aryl methyl sites for hydroxylation is 2. The fourth-order valence-electron chi connectivity index (χ4n) is 3.36. The first-order valence-corrected chi connectivity index (χ1v) is 10.5. The van der Waals surface area contributed by atoms with Gasteiger partial charge in [0.25, 0.3) is 5.91 Å². The van der Waals surface area contributed by atoms with Gasteiger partial charge in [-0.05, 0) is 56.2 Å². The molecule has 8 heteroatoms. The number of nitrogens with one attached hydrogen (secondary N) is 1. The van der Waals surface area contributed by atoms with E-state index in [0.717, 1.165) is 10.4 Å². The molecule has 0 aliphatic rings. The summed E-state index contributed by atoms with van der Waals surface area (Å²) in [5, 5.41) is 3.18. The van der Waals surface area contributed by atoms with E-state index in [-0.39, 0.29) is 23.7 Å². The number of carbonyl (C=O) groups is 2. The molecule has 3 heterocycles. The number of aromatic nitrogens is 2. The third kappa shape index (κ3) is 4.06. The summed E-state index contributed by atoms with van der Waals surface area (Å²) in [5.41, 5.74) is 3.46. The molecule has 1 N–H and O–H groups in total. The Kier molecular flexibility index (Phi) is 5.56. The fourth-order valence-corrected chi connectivity index (χ4v) is 4.41. The van der Waals surface area contributed by atoms with Crippen LogP contribution in [-0.2, 0) is 4.74 Å². The second kappa shape index (κ2) is 8.31. The summed E-state index contributed by atoms with van der Waals surface area (Å²) in [6.45, 7) is 5.70. The van der Waals surface area contributed by atoms with Crippen LogP contribution in [0.25, 0.3) is 16.8 Å². The van der Waals surface area contributed by atoms with Gasteiger partial charge in [-0.1, -0.05) is 12.1 Å². The summed E-state index contributed by atoms with van der Waals surface area (Å²) < 4.78 is 20.4. The molecule has 0 saturated carbocycles. The molecule has 0 atom stereocenters. The van der Waals surface area contributed by atoms with Crippen LogP contribution in [0.5, 0.6) is 0 Å². The van der Waals surface area contributed by atoms with Crippen LogP contribution < -0.4 is 5.32 Å². The first-order valence-electron chi connectivity index (χ1n) is 9.70. The van der Waals surface area contributed by atoms with Crippen molar-refractivity contribution in [3.05, 3.63) is 76.3 Å². The molecule has 4 aromatic rings. The number of esters is 1. The lowest BCUT2D eigenvalue weighted by Crippen LogP contribution is -2.15. The van der Waals surface area contributed by atoms with Crippen molar-refractivity contribution in [1.29, 1.82) is 0 Å². The highest BCUT2D eigenvalue weighted by molar-refractivity contribution is 7.17. The first kappa shape index (κ1) is 20.7. The number of nitrogens with zero attached hydrogens (tertiary/aromatic N) is 2. The Morgan fingerprint density at radius 2 is 1.94 bits per heavy atom. The lowest BCUT2D eigenvalue weighted by Gasteiger charge is -2.08. The van der Waals surface area contributed by atoms with Crippen LogP contribution in [-0.4, -0.2) is 27.9 Å². The zero-order valence-electron chi connectivity index (χ0n) is 17.2. The third-order valence-corrected chi connectivity index (χ3v) is 5.79. The summed E-state index contributed by atoms with van der Waals surface area (Å²) >= 11 is 1.27. The Hall–Kier alpha value is -3.52. The van der Waals surface area contributed by atoms with E-state index in [1.54, 1.807) is 29.7 Å².